The molecule has 0 aliphatic rings. The molecule has 3 N–H and O–H groups in total. The fraction of sp³-hybridized carbons (Fsp3) is 0.308. The molecule has 0 spiro atoms. The number of hydrogen-bond donors (Lipinski definition) is 2. The Morgan fingerprint density at radius 3 is 2.50 bits per heavy atom. The Bertz CT molecular complexity index is 413. The number of carbonyl (C=O) groups excluding carboxylic acids is 1. The Labute approximate surface area is 96.0 Å². The molecule has 0 fully saturated rings. The van der Waals surface area contributed by atoms with Crippen LogP contribution in [0.5, 0.6) is 0 Å². The van der Waals surface area contributed by atoms with Crippen LogP contribution in [-0.4, -0.2) is 11.4 Å². The quantitative estimate of drug-likeness (QED) is 0.591. The average Bonchev–Trinajstić information content (AvgIpc) is 2.21. The van der Waals surface area contributed by atoms with Crippen LogP contribution in [0, 0.1) is 12.3 Å². The summed E-state index contributed by atoms with van der Waals surface area (Å²) in [5.74, 6) is 2.43. The second-order valence-corrected chi connectivity index (χ2v) is 4.24. The molecule has 0 bridgehead atoms. The Kier molecular flexibility index (Phi) is 3.57. The Hall–Kier alpha value is -1.95. The molecule has 0 aliphatic carbocycles. The fourth-order valence-electron chi connectivity index (χ4n) is 1.25. The van der Waals surface area contributed by atoms with Gasteiger partial charge in [-0.05, 0) is 31.5 Å². The molecule has 0 aromatic heterocycles. The van der Waals surface area contributed by atoms with Crippen molar-refractivity contribution in [2.45, 2.75) is 25.8 Å². The van der Waals surface area contributed by atoms with Crippen LogP contribution in [0.15, 0.2) is 24.3 Å². The van der Waals surface area contributed by atoms with E-state index in [0.717, 1.165) is 5.56 Å². The highest BCUT2D eigenvalue weighted by molar-refractivity contribution is 5.79. The Balaban J connectivity index is 2.59. The third-order valence-corrected chi connectivity index (χ3v) is 2.16. The number of terminal acetylenes is 1. The summed E-state index contributed by atoms with van der Waals surface area (Å²) in [6.07, 6.45) is 5.60. The normalized spacial score (nSPS) is 10.6. The second kappa shape index (κ2) is 4.71. The molecule has 0 radical (unpaired) electrons. The van der Waals surface area contributed by atoms with E-state index in [1.165, 1.54) is 0 Å². The molecule has 1 aromatic carbocycles. The van der Waals surface area contributed by atoms with Gasteiger partial charge < -0.3 is 11.1 Å². The molecule has 16 heavy (non-hydrogen) atoms. The van der Waals surface area contributed by atoms with Crippen LogP contribution in [0.3, 0.4) is 0 Å². The standard InChI is InChI=1S/C13H16N2O/c1-4-13(2,3)15-12(16)9-10-5-7-11(14)8-6-10/h1,5-8H,9,14H2,2-3H3,(H,15,16). The van der Waals surface area contributed by atoms with E-state index in [9.17, 15) is 4.79 Å². The third-order valence-electron chi connectivity index (χ3n) is 2.16. The van der Waals surface area contributed by atoms with E-state index in [1.807, 2.05) is 12.1 Å². The summed E-state index contributed by atoms with van der Waals surface area (Å²) in [5.41, 5.74) is 6.55. The van der Waals surface area contributed by atoms with Gasteiger partial charge in [0.2, 0.25) is 5.91 Å². The highest BCUT2D eigenvalue weighted by atomic mass is 16.1. The molecule has 3 nitrogen and oxygen atoms in total. The topological polar surface area (TPSA) is 55.1 Å². The van der Waals surface area contributed by atoms with Crippen molar-refractivity contribution in [3.8, 4) is 12.3 Å². The highest BCUT2D eigenvalue weighted by Gasteiger charge is 2.16. The molecule has 1 amide bonds. The predicted octanol–water partition coefficient (Wildman–Crippen LogP) is 1.34. The predicted molar refractivity (Wildman–Crippen MR) is 65.6 cm³/mol. The van der Waals surface area contributed by atoms with E-state index in [4.69, 9.17) is 12.2 Å². The summed E-state index contributed by atoms with van der Waals surface area (Å²) in [5, 5.41) is 2.76. The summed E-state index contributed by atoms with van der Waals surface area (Å²) < 4.78 is 0. The largest absolute Gasteiger partial charge is 0.399 e. The molecule has 0 aliphatic heterocycles. The van der Waals surface area contributed by atoms with Crippen molar-refractivity contribution in [2.75, 3.05) is 5.73 Å². The van der Waals surface area contributed by atoms with Gasteiger partial charge in [-0.15, -0.1) is 6.42 Å². The van der Waals surface area contributed by atoms with Crippen molar-refractivity contribution in [1.82, 2.24) is 5.32 Å². The number of anilines is 1. The van der Waals surface area contributed by atoms with Gasteiger partial charge in [0.05, 0.1) is 12.0 Å². The van der Waals surface area contributed by atoms with Crippen LogP contribution < -0.4 is 11.1 Å². The van der Waals surface area contributed by atoms with Gasteiger partial charge in [0, 0.05) is 5.69 Å². The minimum atomic E-state index is -0.606. The number of hydrogen-bond acceptors (Lipinski definition) is 2. The number of nitrogen functional groups attached to an aromatic ring is 1. The van der Waals surface area contributed by atoms with Gasteiger partial charge in [0.1, 0.15) is 0 Å². The van der Waals surface area contributed by atoms with Gasteiger partial charge >= 0.3 is 0 Å². The van der Waals surface area contributed by atoms with E-state index < -0.39 is 5.54 Å². The maximum absolute atomic E-state index is 11.6. The number of nitrogens with one attached hydrogen (secondary N) is 1. The van der Waals surface area contributed by atoms with Crippen LogP contribution in [0.2, 0.25) is 0 Å². The molecule has 1 aromatic rings. The summed E-state index contributed by atoms with van der Waals surface area (Å²) in [4.78, 5) is 11.6. The van der Waals surface area contributed by atoms with E-state index in [-0.39, 0.29) is 5.91 Å². The van der Waals surface area contributed by atoms with Crippen LogP contribution in [0.25, 0.3) is 0 Å². The molecular formula is C13H16N2O. The summed E-state index contributed by atoms with van der Waals surface area (Å²) in [7, 11) is 0. The zero-order valence-electron chi connectivity index (χ0n) is 9.58. The molecule has 1 rings (SSSR count). The lowest BCUT2D eigenvalue weighted by molar-refractivity contribution is -0.121. The molecule has 84 valence electrons. The maximum Gasteiger partial charge on any atom is 0.225 e. The molecule has 0 saturated carbocycles. The number of nitrogens with two attached hydrogens (primary N) is 1. The van der Waals surface area contributed by atoms with Gasteiger partial charge in [0.15, 0.2) is 0 Å². The molecule has 0 atom stereocenters. The highest BCUT2D eigenvalue weighted by Crippen LogP contribution is 2.07. The van der Waals surface area contributed by atoms with Gasteiger partial charge in [-0.2, -0.15) is 0 Å². The first-order chi connectivity index (χ1) is 7.43. The first-order valence-electron chi connectivity index (χ1n) is 5.06. The number of rotatable bonds is 3. The van der Waals surface area contributed by atoms with E-state index in [0.29, 0.717) is 12.1 Å². The van der Waals surface area contributed by atoms with E-state index >= 15 is 0 Å². The van der Waals surface area contributed by atoms with E-state index in [1.54, 1.807) is 26.0 Å². The lowest BCUT2D eigenvalue weighted by Crippen LogP contribution is -2.42. The number of benzene rings is 1. The van der Waals surface area contributed by atoms with Crippen molar-refractivity contribution < 1.29 is 4.79 Å². The van der Waals surface area contributed by atoms with E-state index in [2.05, 4.69) is 11.2 Å². The Morgan fingerprint density at radius 2 is 2.00 bits per heavy atom. The second-order valence-electron chi connectivity index (χ2n) is 4.24. The molecule has 0 unspecified atom stereocenters. The van der Waals surface area contributed by atoms with Crippen molar-refractivity contribution in [3.63, 3.8) is 0 Å². The summed E-state index contributed by atoms with van der Waals surface area (Å²) in [6, 6.07) is 7.21. The minimum absolute atomic E-state index is 0.0901. The zero-order valence-corrected chi connectivity index (χ0v) is 9.58. The monoisotopic (exact) mass is 216 g/mol. The lowest BCUT2D eigenvalue weighted by atomic mass is 10.1. The van der Waals surface area contributed by atoms with Gasteiger partial charge in [-0.1, -0.05) is 18.1 Å². The SMILES string of the molecule is C#CC(C)(C)NC(=O)Cc1ccc(N)cc1. The molecular weight excluding hydrogens is 200 g/mol. The van der Waals surface area contributed by atoms with Gasteiger partial charge in [0.25, 0.3) is 0 Å². The van der Waals surface area contributed by atoms with Crippen LogP contribution in [-0.2, 0) is 11.2 Å². The third kappa shape index (κ3) is 3.66. The van der Waals surface area contributed by atoms with Crippen molar-refractivity contribution in [3.05, 3.63) is 29.8 Å². The summed E-state index contributed by atoms with van der Waals surface area (Å²) >= 11 is 0. The first-order valence-corrected chi connectivity index (χ1v) is 5.06. The maximum atomic E-state index is 11.6. The van der Waals surface area contributed by atoms with Gasteiger partial charge in [-0.3, -0.25) is 4.79 Å². The Morgan fingerprint density at radius 1 is 1.44 bits per heavy atom. The number of amides is 1. The van der Waals surface area contributed by atoms with Crippen molar-refractivity contribution in [2.24, 2.45) is 0 Å². The average molecular weight is 216 g/mol. The smallest absolute Gasteiger partial charge is 0.225 e. The lowest BCUT2D eigenvalue weighted by Gasteiger charge is -2.19. The van der Waals surface area contributed by atoms with Gasteiger partial charge in [-0.25, -0.2) is 0 Å². The van der Waals surface area contributed by atoms with Crippen LogP contribution in [0.4, 0.5) is 5.69 Å². The minimum Gasteiger partial charge on any atom is -0.399 e. The van der Waals surface area contributed by atoms with Crippen LogP contribution >= 0.6 is 0 Å². The molecule has 0 heterocycles. The first kappa shape index (κ1) is 12.1. The number of carbonyl (C=O) groups is 1. The summed E-state index contributed by atoms with van der Waals surface area (Å²) in [6.45, 7) is 3.57. The zero-order chi connectivity index (χ0) is 12.2. The van der Waals surface area contributed by atoms with Crippen molar-refractivity contribution in [1.29, 1.82) is 0 Å². The van der Waals surface area contributed by atoms with Crippen LogP contribution in [0.1, 0.15) is 19.4 Å². The van der Waals surface area contributed by atoms with Crippen molar-refractivity contribution >= 4 is 11.6 Å². The molecule has 3 heteroatoms. The fourth-order valence-corrected chi connectivity index (χ4v) is 1.25. The molecule has 0 saturated heterocycles.